The summed E-state index contributed by atoms with van der Waals surface area (Å²) in [5, 5.41) is 5.40. The topological polar surface area (TPSA) is 122 Å². The first-order valence-corrected chi connectivity index (χ1v) is 9.14. The molecule has 0 spiro atoms. The predicted molar refractivity (Wildman–Crippen MR) is 99.0 cm³/mol. The highest BCUT2D eigenvalue weighted by Gasteiger charge is 2.44. The second-order valence-electron chi connectivity index (χ2n) is 7.33. The molecule has 8 heteroatoms. The lowest BCUT2D eigenvalue weighted by molar-refractivity contribution is -0.136. The van der Waals surface area contributed by atoms with Gasteiger partial charge in [-0.15, -0.1) is 0 Å². The number of nitrogens with two attached hydrogens (primary N) is 1. The van der Waals surface area contributed by atoms with Crippen LogP contribution in [0.3, 0.4) is 0 Å². The van der Waals surface area contributed by atoms with Gasteiger partial charge in [0.15, 0.2) is 0 Å². The highest BCUT2D eigenvalue weighted by Crippen LogP contribution is 2.29. The Balaban J connectivity index is 1.73. The largest absolute Gasteiger partial charge is 0.385 e. The lowest BCUT2D eigenvalue weighted by atomic mass is 10.0. The maximum absolute atomic E-state index is 12.7. The quantitative estimate of drug-likeness (QED) is 0.637. The number of amides is 4. The Morgan fingerprint density at radius 2 is 1.89 bits per heavy atom. The van der Waals surface area contributed by atoms with Gasteiger partial charge in [-0.05, 0) is 37.0 Å². The first-order chi connectivity index (χ1) is 12.8. The molecule has 2 aliphatic heterocycles. The second-order valence-corrected chi connectivity index (χ2v) is 7.33. The summed E-state index contributed by atoms with van der Waals surface area (Å²) in [6.45, 7) is 4.78. The van der Waals surface area contributed by atoms with E-state index < -0.39 is 23.8 Å². The fraction of sp³-hybridized carbons (Fsp3) is 0.474. The van der Waals surface area contributed by atoms with E-state index in [1.54, 1.807) is 18.2 Å². The van der Waals surface area contributed by atoms with Crippen LogP contribution in [0, 0.1) is 5.92 Å². The Labute approximate surface area is 157 Å². The fourth-order valence-corrected chi connectivity index (χ4v) is 3.30. The van der Waals surface area contributed by atoms with Crippen molar-refractivity contribution in [2.24, 2.45) is 11.7 Å². The summed E-state index contributed by atoms with van der Waals surface area (Å²) in [6.07, 6.45) is 1.03. The van der Waals surface area contributed by atoms with E-state index >= 15 is 0 Å². The first-order valence-electron chi connectivity index (χ1n) is 9.14. The lowest BCUT2D eigenvalue weighted by Crippen LogP contribution is -2.54. The number of hydrogen-bond acceptors (Lipinski definition) is 6. The SMILES string of the molecule is CC(C)C(N)CCNc1ccc2c(c1)C(=O)N(C1CCC(=O)NC1=O)C2=O. The number of nitrogens with zero attached hydrogens (tertiary/aromatic N) is 1. The summed E-state index contributed by atoms with van der Waals surface area (Å²) in [5.41, 5.74) is 7.28. The Kier molecular flexibility index (Phi) is 5.27. The van der Waals surface area contributed by atoms with E-state index in [-0.39, 0.29) is 35.9 Å². The number of benzene rings is 1. The Hall–Kier alpha value is -2.74. The molecule has 0 bridgehead atoms. The molecule has 1 aromatic rings. The minimum atomic E-state index is -0.949. The molecule has 0 saturated carbocycles. The van der Waals surface area contributed by atoms with Crippen molar-refractivity contribution in [1.29, 1.82) is 0 Å². The lowest BCUT2D eigenvalue weighted by Gasteiger charge is -2.27. The molecule has 2 atom stereocenters. The average Bonchev–Trinajstić information content (AvgIpc) is 2.86. The van der Waals surface area contributed by atoms with Gasteiger partial charge in [0, 0.05) is 24.7 Å². The van der Waals surface area contributed by atoms with Crippen LogP contribution in [0.5, 0.6) is 0 Å². The van der Waals surface area contributed by atoms with E-state index in [9.17, 15) is 19.2 Å². The maximum Gasteiger partial charge on any atom is 0.262 e. The zero-order valence-electron chi connectivity index (χ0n) is 15.5. The summed E-state index contributed by atoms with van der Waals surface area (Å²) >= 11 is 0. The minimum absolute atomic E-state index is 0.0816. The van der Waals surface area contributed by atoms with Crippen molar-refractivity contribution in [3.05, 3.63) is 29.3 Å². The number of rotatable bonds is 6. The van der Waals surface area contributed by atoms with Gasteiger partial charge in [0.1, 0.15) is 6.04 Å². The van der Waals surface area contributed by atoms with Crippen LogP contribution < -0.4 is 16.4 Å². The molecule has 1 fully saturated rings. The number of imide groups is 2. The molecular weight excluding hydrogens is 348 g/mol. The fourth-order valence-electron chi connectivity index (χ4n) is 3.30. The van der Waals surface area contributed by atoms with Crippen LogP contribution in [0.4, 0.5) is 5.69 Å². The number of carbonyl (C=O) groups is 4. The zero-order valence-corrected chi connectivity index (χ0v) is 15.5. The molecular formula is C19H24N4O4. The van der Waals surface area contributed by atoms with Crippen molar-refractivity contribution in [3.63, 3.8) is 0 Å². The van der Waals surface area contributed by atoms with Gasteiger partial charge in [-0.2, -0.15) is 0 Å². The van der Waals surface area contributed by atoms with Crippen LogP contribution in [-0.2, 0) is 9.59 Å². The van der Waals surface area contributed by atoms with E-state index in [2.05, 4.69) is 24.5 Å². The van der Waals surface area contributed by atoms with Crippen LogP contribution in [-0.4, -0.2) is 47.2 Å². The minimum Gasteiger partial charge on any atom is -0.385 e. The molecule has 1 saturated heterocycles. The van der Waals surface area contributed by atoms with Crippen LogP contribution in [0.25, 0.3) is 0 Å². The van der Waals surface area contributed by atoms with Crippen molar-refractivity contribution in [1.82, 2.24) is 10.2 Å². The molecule has 2 unspecified atom stereocenters. The van der Waals surface area contributed by atoms with Gasteiger partial charge >= 0.3 is 0 Å². The van der Waals surface area contributed by atoms with Crippen molar-refractivity contribution < 1.29 is 19.2 Å². The van der Waals surface area contributed by atoms with Gasteiger partial charge < -0.3 is 11.1 Å². The second kappa shape index (κ2) is 7.48. The number of carbonyl (C=O) groups excluding carboxylic acids is 4. The van der Waals surface area contributed by atoms with Crippen molar-refractivity contribution in [3.8, 4) is 0 Å². The molecule has 4 N–H and O–H groups in total. The predicted octanol–water partition coefficient (Wildman–Crippen LogP) is 0.873. The Bertz CT molecular complexity index is 805. The molecule has 27 heavy (non-hydrogen) atoms. The van der Waals surface area contributed by atoms with Crippen molar-refractivity contribution in [2.75, 3.05) is 11.9 Å². The van der Waals surface area contributed by atoms with E-state index in [4.69, 9.17) is 5.73 Å². The Morgan fingerprint density at radius 3 is 2.56 bits per heavy atom. The van der Waals surface area contributed by atoms with Gasteiger partial charge in [-0.1, -0.05) is 13.8 Å². The third-order valence-electron chi connectivity index (χ3n) is 5.10. The van der Waals surface area contributed by atoms with Crippen LogP contribution in [0.2, 0.25) is 0 Å². The molecule has 0 aromatic heterocycles. The van der Waals surface area contributed by atoms with Crippen molar-refractivity contribution >= 4 is 29.3 Å². The van der Waals surface area contributed by atoms with Crippen LogP contribution in [0.1, 0.15) is 53.8 Å². The zero-order chi connectivity index (χ0) is 19.7. The number of nitrogens with one attached hydrogen (secondary N) is 2. The molecule has 4 amide bonds. The number of hydrogen-bond donors (Lipinski definition) is 3. The highest BCUT2D eigenvalue weighted by atomic mass is 16.2. The molecule has 3 rings (SSSR count). The van der Waals surface area contributed by atoms with Crippen molar-refractivity contribution in [2.45, 2.75) is 45.2 Å². The molecule has 144 valence electrons. The van der Waals surface area contributed by atoms with Gasteiger partial charge in [0.2, 0.25) is 11.8 Å². The van der Waals surface area contributed by atoms with E-state index in [1.807, 2.05) is 0 Å². The highest BCUT2D eigenvalue weighted by molar-refractivity contribution is 6.23. The van der Waals surface area contributed by atoms with E-state index in [0.717, 1.165) is 17.0 Å². The van der Waals surface area contributed by atoms with Crippen LogP contribution in [0.15, 0.2) is 18.2 Å². The van der Waals surface area contributed by atoms with Gasteiger partial charge in [0.05, 0.1) is 11.1 Å². The summed E-state index contributed by atoms with van der Waals surface area (Å²) in [5.74, 6) is -1.63. The molecule has 8 nitrogen and oxygen atoms in total. The smallest absolute Gasteiger partial charge is 0.262 e. The molecule has 0 radical (unpaired) electrons. The monoisotopic (exact) mass is 372 g/mol. The summed E-state index contributed by atoms with van der Waals surface area (Å²) in [4.78, 5) is 49.7. The van der Waals surface area contributed by atoms with Gasteiger partial charge in [0.25, 0.3) is 11.8 Å². The third kappa shape index (κ3) is 3.71. The standard InChI is InChI=1S/C19H24N4O4/c1-10(2)14(20)7-8-21-11-3-4-12-13(9-11)19(27)23(18(12)26)15-5-6-16(24)22-17(15)25/h3-4,9-10,14-15,21H,5-8,20H2,1-2H3,(H,22,24,25). The molecule has 2 heterocycles. The molecule has 0 aliphatic carbocycles. The molecule has 2 aliphatic rings. The summed E-state index contributed by atoms with van der Waals surface area (Å²) in [6, 6.07) is 4.08. The van der Waals surface area contributed by atoms with Gasteiger partial charge in [-0.25, -0.2) is 0 Å². The van der Waals surface area contributed by atoms with E-state index in [0.29, 0.717) is 12.5 Å². The average molecular weight is 372 g/mol. The number of anilines is 1. The Morgan fingerprint density at radius 1 is 1.19 bits per heavy atom. The first kappa shape index (κ1) is 19.0. The maximum atomic E-state index is 12.7. The van der Waals surface area contributed by atoms with E-state index in [1.165, 1.54) is 0 Å². The van der Waals surface area contributed by atoms with Gasteiger partial charge in [-0.3, -0.25) is 29.4 Å². The number of fused-ring (bicyclic) bond motifs is 1. The van der Waals surface area contributed by atoms with Crippen LogP contribution >= 0.6 is 0 Å². The number of piperidine rings is 1. The summed E-state index contributed by atoms with van der Waals surface area (Å²) < 4.78 is 0. The normalized spacial score (nSPS) is 20.7. The third-order valence-corrected chi connectivity index (χ3v) is 5.10. The molecule has 1 aromatic carbocycles. The summed E-state index contributed by atoms with van der Waals surface area (Å²) in [7, 11) is 0.